The number of esters is 1. The summed E-state index contributed by atoms with van der Waals surface area (Å²) in [5, 5.41) is 9.73. The van der Waals surface area contributed by atoms with Gasteiger partial charge in [-0.05, 0) is 19.1 Å². The number of rotatable bonds is 6. The minimum absolute atomic E-state index is 0.0897. The fourth-order valence-electron chi connectivity index (χ4n) is 1.96. The van der Waals surface area contributed by atoms with E-state index in [1.54, 1.807) is 45.4 Å². The average Bonchev–Trinajstić information content (AvgIpc) is 2.47. The van der Waals surface area contributed by atoms with Gasteiger partial charge in [-0.25, -0.2) is 0 Å². The topological polar surface area (TPSA) is 65.0 Å². The van der Waals surface area contributed by atoms with Gasteiger partial charge >= 0.3 is 5.97 Å². The number of para-hydroxylation sites is 1. The van der Waals surface area contributed by atoms with Crippen LogP contribution in [0.25, 0.3) is 0 Å². The van der Waals surface area contributed by atoms with E-state index in [0.29, 0.717) is 18.4 Å². The Morgan fingerprint density at radius 1 is 1.32 bits per heavy atom. The summed E-state index contributed by atoms with van der Waals surface area (Å²) in [6, 6.07) is 6.75. The molecule has 0 saturated heterocycles. The number of benzene rings is 1. The van der Waals surface area contributed by atoms with Crippen molar-refractivity contribution in [1.82, 2.24) is 0 Å². The standard InChI is InChI=1S/C17H22O5/c1-13(18)22-17(2,12-10-16(20-3)21-4)11-9-14-7-5-6-8-15(14)19/h5-8,16,19H,10,12H2,1-4H3. The van der Waals surface area contributed by atoms with Gasteiger partial charge in [0.05, 0.1) is 5.56 Å². The summed E-state index contributed by atoms with van der Waals surface area (Å²) in [5.74, 6) is 5.46. The molecule has 1 atom stereocenters. The first-order valence-corrected chi connectivity index (χ1v) is 6.96. The summed E-state index contributed by atoms with van der Waals surface area (Å²) in [7, 11) is 3.09. The quantitative estimate of drug-likeness (QED) is 0.497. The number of ether oxygens (including phenoxy) is 3. The number of phenols is 1. The van der Waals surface area contributed by atoms with E-state index in [1.165, 1.54) is 6.92 Å². The van der Waals surface area contributed by atoms with Crippen LogP contribution >= 0.6 is 0 Å². The van der Waals surface area contributed by atoms with E-state index in [-0.39, 0.29) is 12.0 Å². The summed E-state index contributed by atoms with van der Waals surface area (Å²) < 4.78 is 15.6. The molecule has 1 rings (SSSR count). The van der Waals surface area contributed by atoms with Gasteiger partial charge in [-0.2, -0.15) is 0 Å². The van der Waals surface area contributed by atoms with Crippen LogP contribution in [0.2, 0.25) is 0 Å². The van der Waals surface area contributed by atoms with Crippen LogP contribution < -0.4 is 0 Å². The number of hydrogen-bond acceptors (Lipinski definition) is 5. The van der Waals surface area contributed by atoms with Crippen LogP contribution in [0.15, 0.2) is 24.3 Å². The molecule has 0 radical (unpaired) electrons. The number of carbonyl (C=O) groups excluding carboxylic acids is 1. The summed E-state index contributed by atoms with van der Waals surface area (Å²) in [6.07, 6.45) is 0.577. The Balaban J connectivity index is 2.93. The van der Waals surface area contributed by atoms with E-state index in [1.807, 2.05) is 0 Å². The molecular weight excluding hydrogens is 284 g/mol. The SMILES string of the molecule is COC(CCC(C)(C#Cc1ccccc1O)OC(C)=O)OC. The third-order valence-electron chi connectivity index (χ3n) is 3.12. The van der Waals surface area contributed by atoms with Gasteiger partial charge in [-0.15, -0.1) is 0 Å². The zero-order valence-electron chi connectivity index (χ0n) is 13.4. The van der Waals surface area contributed by atoms with Crippen LogP contribution in [0.4, 0.5) is 0 Å². The molecule has 1 N–H and O–H groups in total. The molecule has 0 aliphatic carbocycles. The van der Waals surface area contributed by atoms with Gasteiger partial charge in [0, 0.05) is 34.0 Å². The molecule has 1 aromatic carbocycles. The molecule has 0 aliphatic rings. The van der Waals surface area contributed by atoms with Crippen molar-refractivity contribution in [2.75, 3.05) is 14.2 Å². The summed E-state index contributed by atoms with van der Waals surface area (Å²) in [4.78, 5) is 11.3. The zero-order chi connectivity index (χ0) is 16.6. The van der Waals surface area contributed by atoms with Crippen LogP contribution in [0.5, 0.6) is 5.75 Å². The number of carbonyl (C=O) groups is 1. The van der Waals surface area contributed by atoms with Crippen molar-refractivity contribution in [2.24, 2.45) is 0 Å². The molecule has 0 fully saturated rings. The summed E-state index contributed by atoms with van der Waals surface area (Å²) in [6.45, 7) is 3.06. The lowest BCUT2D eigenvalue weighted by atomic mass is 9.99. The smallest absolute Gasteiger partial charge is 0.304 e. The Hall–Kier alpha value is -2.03. The van der Waals surface area contributed by atoms with Gasteiger partial charge in [0.2, 0.25) is 0 Å². The molecule has 120 valence electrons. The Kier molecular flexibility index (Phi) is 6.90. The van der Waals surface area contributed by atoms with Gasteiger partial charge in [0.25, 0.3) is 0 Å². The molecule has 0 bridgehead atoms. The second-order valence-corrected chi connectivity index (χ2v) is 5.03. The van der Waals surface area contributed by atoms with E-state index >= 15 is 0 Å². The van der Waals surface area contributed by atoms with Crippen molar-refractivity contribution >= 4 is 5.97 Å². The predicted molar refractivity (Wildman–Crippen MR) is 82.2 cm³/mol. The third kappa shape index (κ3) is 5.76. The number of methoxy groups -OCH3 is 2. The Morgan fingerprint density at radius 3 is 2.50 bits per heavy atom. The van der Waals surface area contributed by atoms with Crippen LogP contribution in [0.1, 0.15) is 32.3 Å². The van der Waals surface area contributed by atoms with Crippen LogP contribution in [-0.4, -0.2) is 37.2 Å². The average molecular weight is 306 g/mol. The van der Waals surface area contributed by atoms with Crippen molar-refractivity contribution in [1.29, 1.82) is 0 Å². The Labute approximate surface area is 131 Å². The molecule has 22 heavy (non-hydrogen) atoms. The first-order valence-electron chi connectivity index (χ1n) is 6.96. The minimum atomic E-state index is -0.983. The Morgan fingerprint density at radius 2 is 1.95 bits per heavy atom. The lowest BCUT2D eigenvalue weighted by Crippen LogP contribution is -2.31. The van der Waals surface area contributed by atoms with E-state index in [2.05, 4.69) is 11.8 Å². The first-order chi connectivity index (χ1) is 10.4. The maximum Gasteiger partial charge on any atom is 0.304 e. The van der Waals surface area contributed by atoms with Crippen LogP contribution in [0.3, 0.4) is 0 Å². The van der Waals surface area contributed by atoms with E-state index in [0.717, 1.165) is 0 Å². The monoisotopic (exact) mass is 306 g/mol. The molecule has 0 spiro atoms. The molecule has 0 aromatic heterocycles. The lowest BCUT2D eigenvalue weighted by molar-refractivity contribution is -0.154. The van der Waals surface area contributed by atoms with E-state index in [4.69, 9.17) is 14.2 Å². The molecule has 5 heteroatoms. The Bertz CT molecular complexity index is 554. The molecule has 1 aromatic rings. The van der Waals surface area contributed by atoms with Crippen LogP contribution in [0, 0.1) is 11.8 Å². The fraction of sp³-hybridized carbons (Fsp3) is 0.471. The normalized spacial score (nSPS) is 13.1. The van der Waals surface area contributed by atoms with Crippen molar-refractivity contribution in [3.8, 4) is 17.6 Å². The zero-order valence-corrected chi connectivity index (χ0v) is 13.4. The van der Waals surface area contributed by atoms with Gasteiger partial charge in [-0.1, -0.05) is 24.0 Å². The van der Waals surface area contributed by atoms with Crippen molar-refractivity contribution in [3.05, 3.63) is 29.8 Å². The highest BCUT2D eigenvalue weighted by Gasteiger charge is 2.26. The second-order valence-electron chi connectivity index (χ2n) is 5.03. The first kappa shape index (κ1) is 18.0. The summed E-state index contributed by atoms with van der Waals surface area (Å²) >= 11 is 0. The minimum Gasteiger partial charge on any atom is -0.507 e. The highest BCUT2D eigenvalue weighted by Crippen LogP contribution is 2.21. The molecule has 1 unspecified atom stereocenters. The van der Waals surface area contributed by atoms with Gasteiger partial charge < -0.3 is 19.3 Å². The van der Waals surface area contributed by atoms with Crippen LogP contribution in [-0.2, 0) is 19.0 Å². The lowest BCUT2D eigenvalue weighted by Gasteiger charge is -2.25. The molecule has 0 aliphatic heterocycles. The number of hydrogen-bond donors (Lipinski definition) is 1. The van der Waals surface area contributed by atoms with Crippen molar-refractivity contribution in [2.45, 2.75) is 38.6 Å². The van der Waals surface area contributed by atoms with E-state index in [9.17, 15) is 9.90 Å². The predicted octanol–water partition coefficient (Wildman–Crippen LogP) is 2.46. The second kappa shape index (κ2) is 8.42. The van der Waals surface area contributed by atoms with E-state index < -0.39 is 11.6 Å². The highest BCUT2D eigenvalue weighted by atomic mass is 16.7. The third-order valence-corrected chi connectivity index (χ3v) is 3.12. The maximum atomic E-state index is 11.3. The molecular formula is C17H22O5. The van der Waals surface area contributed by atoms with Crippen molar-refractivity contribution < 1.29 is 24.1 Å². The van der Waals surface area contributed by atoms with Gasteiger partial charge in [-0.3, -0.25) is 4.79 Å². The number of phenolic OH excluding ortho intramolecular Hbond substituents is 1. The largest absolute Gasteiger partial charge is 0.507 e. The molecule has 0 saturated carbocycles. The molecule has 0 amide bonds. The molecule has 0 heterocycles. The van der Waals surface area contributed by atoms with Crippen molar-refractivity contribution in [3.63, 3.8) is 0 Å². The highest BCUT2D eigenvalue weighted by molar-refractivity contribution is 5.67. The van der Waals surface area contributed by atoms with Gasteiger partial charge in [0.1, 0.15) is 5.75 Å². The number of aromatic hydroxyl groups is 1. The van der Waals surface area contributed by atoms with Gasteiger partial charge in [0.15, 0.2) is 11.9 Å². The molecule has 5 nitrogen and oxygen atoms in total. The summed E-state index contributed by atoms with van der Waals surface area (Å²) in [5.41, 5.74) is -0.500. The maximum absolute atomic E-state index is 11.3. The fourth-order valence-corrected chi connectivity index (χ4v) is 1.96.